The van der Waals surface area contributed by atoms with Crippen molar-refractivity contribution in [1.82, 2.24) is 4.72 Å². The lowest BCUT2D eigenvalue weighted by molar-refractivity contribution is -0.109. The summed E-state index contributed by atoms with van der Waals surface area (Å²) < 4.78 is 2.61. The average molecular weight is 147 g/mol. The van der Waals surface area contributed by atoms with E-state index in [2.05, 4.69) is 31.4 Å². The minimum absolute atomic E-state index is 0.0895. The number of aldehydes is 1. The third-order valence-electron chi connectivity index (χ3n) is 1.06. The predicted molar refractivity (Wildman–Crippen MR) is 41.4 cm³/mol. The van der Waals surface area contributed by atoms with Gasteiger partial charge in [0.1, 0.15) is 6.29 Å². The molecule has 0 radical (unpaired) electrons. The second kappa shape index (κ2) is 4.82. The third-order valence-corrected chi connectivity index (χ3v) is 1.39. The monoisotopic (exact) mass is 147 g/mol. The summed E-state index contributed by atoms with van der Waals surface area (Å²) in [6.07, 6.45) is 1.74. The van der Waals surface area contributed by atoms with Crippen LogP contribution in [0.5, 0.6) is 0 Å². The van der Waals surface area contributed by atoms with Crippen LogP contribution in [0.3, 0.4) is 0 Å². The molecule has 9 heavy (non-hydrogen) atoms. The number of hydrogen-bond acceptors (Lipinski definition) is 3. The lowest BCUT2D eigenvalue weighted by Crippen LogP contribution is -2.23. The molecule has 54 valence electrons. The van der Waals surface area contributed by atoms with E-state index in [-0.39, 0.29) is 6.04 Å². The number of carbonyl (C=O) groups excluding carboxylic acids is 1. The molecule has 0 fully saturated rings. The fourth-order valence-corrected chi connectivity index (χ4v) is 0.813. The van der Waals surface area contributed by atoms with Crippen LogP contribution in [0.25, 0.3) is 0 Å². The van der Waals surface area contributed by atoms with Gasteiger partial charge in [0.05, 0.1) is 6.04 Å². The Bertz CT molecular complexity index is 85.1. The van der Waals surface area contributed by atoms with Crippen molar-refractivity contribution in [3.8, 4) is 0 Å². The predicted octanol–water partition coefficient (Wildman–Crippen LogP) is 1.03. The van der Waals surface area contributed by atoms with Crippen molar-refractivity contribution in [2.75, 3.05) is 0 Å². The van der Waals surface area contributed by atoms with Gasteiger partial charge in [-0.15, -0.1) is 0 Å². The van der Waals surface area contributed by atoms with E-state index in [0.717, 1.165) is 12.7 Å². The van der Waals surface area contributed by atoms with E-state index in [1.165, 1.54) is 0 Å². The van der Waals surface area contributed by atoms with E-state index >= 15 is 0 Å². The number of hydrogen-bond donors (Lipinski definition) is 2. The Kier molecular flexibility index (Phi) is 4.81. The van der Waals surface area contributed by atoms with E-state index in [4.69, 9.17) is 0 Å². The molecule has 0 saturated carbocycles. The molecular formula is C6H13NOS. The molecule has 0 aromatic rings. The average Bonchev–Trinajstić information content (AvgIpc) is 1.82. The molecule has 0 heterocycles. The Balaban J connectivity index is 3.42. The molecule has 0 rings (SSSR count). The summed E-state index contributed by atoms with van der Waals surface area (Å²) in [7, 11) is 0. The molecule has 0 aliphatic rings. The van der Waals surface area contributed by atoms with Gasteiger partial charge in [0, 0.05) is 0 Å². The maximum absolute atomic E-state index is 10.2. The minimum Gasteiger partial charge on any atom is -0.302 e. The van der Waals surface area contributed by atoms with Crippen LogP contribution in [0, 0.1) is 5.92 Å². The van der Waals surface area contributed by atoms with E-state index < -0.39 is 0 Å². The van der Waals surface area contributed by atoms with Gasteiger partial charge in [0.25, 0.3) is 0 Å². The van der Waals surface area contributed by atoms with Crippen LogP contribution in [0.2, 0.25) is 0 Å². The summed E-state index contributed by atoms with van der Waals surface area (Å²) in [6, 6.07) is -0.0895. The Morgan fingerprint density at radius 1 is 1.67 bits per heavy atom. The Labute approximate surface area is 61.6 Å². The highest BCUT2D eigenvalue weighted by atomic mass is 32.1. The van der Waals surface area contributed by atoms with Crippen LogP contribution in [-0.2, 0) is 4.79 Å². The quantitative estimate of drug-likeness (QED) is 0.459. The Hall–Kier alpha value is -0.0200. The zero-order chi connectivity index (χ0) is 7.28. The van der Waals surface area contributed by atoms with Gasteiger partial charge in [-0.25, -0.2) is 0 Å². The van der Waals surface area contributed by atoms with Crippen molar-refractivity contribution in [2.45, 2.75) is 26.3 Å². The second-order valence-electron chi connectivity index (χ2n) is 2.50. The van der Waals surface area contributed by atoms with Crippen LogP contribution in [0.15, 0.2) is 0 Å². The minimum atomic E-state index is -0.0895. The topological polar surface area (TPSA) is 29.1 Å². The van der Waals surface area contributed by atoms with Crippen LogP contribution in [0.4, 0.5) is 0 Å². The first-order chi connectivity index (χ1) is 4.20. The van der Waals surface area contributed by atoms with Gasteiger partial charge in [0.2, 0.25) is 0 Å². The van der Waals surface area contributed by atoms with E-state index in [9.17, 15) is 4.79 Å². The van der Waals surface area contributed by atoms with Crippen LogP contribution >= 0.6 is 12.8 Å². The van der Waals surface area contributed by atoms with Gasteiger partial charge in [-0.05, 0) is 12.3 Å². The molecule has 0 aliphatic heterocycles. The number of rotatable bonds is 4. The first kappa shape index (κ1) is 8.98. The van der Waals surface area contributed by atoms with Gasteiger partial charge in [-0.3, -0.25) is 4.72 Å². The molecule has 0 saturated heterocycles. The third kappa shape index (κ3) is 4.48. The molecule has 2 nitrogen and oxygen atoms in total. The van der Waals surface area contributed by atoms with Crippen LogP contribution < -0.4 is 4.72 Å². The van der Waals surface area contributed by atoms with Crippen molar-refractivity contribution in [3.05, 3.63) is 0 Å². The van der Waals surface area contributed by atoms with E-state index in [1.54, 1.807) is 0 Å². The normalized spacial score (nSPS) is 13.8. The van der Waals surface area contributed by atoms with Gasteiger partial charge in [-0.1, -0.05) is 26.7 Å². The molecule has 0 aromatic heterocycles. The summed E-state index contributed by atoms with van der Waals surface area (Å²) in [5.74, 6) is 0.542. The van der Waals surface area contributed by atoms with Gasteiger partial charge < -0.3 is 4.79 Å². The van der Waals surface area contributed by atoms with Crippen molar-refractivity contribution in [1.29, 1.82) is 0 Å². The Morgan fingerprint density at radius 2 is 2.22 bits per heavy atom. The number of carbonyl (C=O) groups is 1. The zero-order valence-corrected chi connectivity index (χ0v) is 6.69. The highest BCUT2D eigenvalue weighted by Crippen LogP contribution is 2.02. The fraction of sp³-hybridized carbons (Fsp3) is 0.833. The SMILES string of the molecule is CC(C)C[C@@H](C=O)NS. The molecule has 3 heteroatoms. The van der Waals surface area contributed by atoms with E-state index in [0.29, 0.717) is 5.92 Å². The standard InChI is InChI=1S/C6H13NOS/c1-5(2)3-6(4-8)7-9/h4-7,9H,3H2,1-2H3/t6-/m0/s1. The highest BCUT2D eigenvalue weighted by molar-refractivity contribution is 7.78. The molecular weight excluding hydrogens is 134 g/mol. The van der Waals surface area contributed by atoms with Crippen molar-refractivity contribution < 1.29 is 4.79 Å². The van der Waals surface area contributed by atoms with Crippen LogP contribution in [0.1, 0.15) is 20.3 Å². The molecule has 0 bridgehead atoms. The second-order valence-corrected chi connectivity index (χ2v) is 2.76. The lowest BCUT2D eigenvalue weighted by atomic mass is 10.1. The van der Waals surface area contributed by atoms with E-state index in [1.807, 2.05) is 0 Å². The van der Waals surface area contributed by atoms with Gasteiger partial charge in [0.15, 0.2) is 0 Å². The summed E-state index contributed by atoms with van der Waals surface area (Å²) in [6.45, 7) is 4.14. The highest BCUT2D eigenvalue weighted by Gasteiger charge is 2.05. The van der Waals surface area contributed by atoms with Crippen molar-refractivity contribution in [2.24, 2.45) is 5.92 Å². The summed E-state index contributed by atoms with van der Waals surface area (Å²) >= 11 is 3.79. The van der Waals surface area contributed by atoms with Crippen molar-refractivity contribution in [3.63, 3.8) is 0 Å². The summed E-state index contributed by atoms with van der Waals surface area (Å²) in [5, 5.41) is 0. The fourth-order valence-electron chi connectivity index (χ4n) is 0.647. The maximum Gasteiger partial charge on any atom is 0.137 e. The first-order valence-electron chi connectivity index (χ1n) is 3.05. The molecule has 0 amide bonds. The molecule has 0 unspecified atom stereocenters. The van der Waals surface area contributed by atoms with Crippen molar-refractivity contribution >= 4 is 19.1 Å². The first-order valence-corrected chi connectivity index (χ1v) is 3.50. The largest absolute Gasteiger partial charge is 0.302 e. The Morgan fingerprint density at radius 3 is 2.33 bits per heavy atom. The molecule has 1 N–H and O–H groups in total. The van der Waals surface area contributed by atoms with Crippen LogP contribution in [-0.4, -0.2) is 12.3 Å². The zero-order valence-electron chi connectivity index (χ0n) is 5.79. The smallest absolute Gasteiger partial charge is 0.137 e. The maximum atomic E-state index is 10.2. The molecule has 0 aromatic carbocycles. The molecule has 0 aliphatic carbocycles. The summed E-state index contributed by atoms with van der Waals surface area (Å²) in [4.78, 5) is 10.2. The number of nitrogens with one attached hydrogen (secondary N) is 1. The van der Waals surface area contributed by atoms with Gasteiger partial charge in [-0.2, -0.15) is 0 Å². The number of thiol groups is 1. The summed E-state index contributed by atoms with van der Waals surface area (Å²) in [5.41, 5.74) is 0. The van der Waals surface area contributed by atoms with Gasteiger partial charge >= 0.3 is 0 Å². The molecule has 0 spiro atoms. The molecule has 1 atom stereocenters. The lowest BCUT2D eigenvalue weighted by Gasteiger charge is -2.09.